The minimum atomic E-state index is -0.478. The first-order chi connectivity index (χ1) is 16.5. The van der Waals surface area contributed by atoms with Crippen LogP contribution in [-0.2, 0) is 29.6 Å². The predicted molar refractivity (Wildman–Crippen MR) is 126 cm³/mol. The Hall–Kier alpha value is -4.31. The van der Waals surface area contributed by atoms with Gasteiger partial charge >= 0.3 is 0 Å². The number of nitrogens with zero attached hydrogens (tertiary/aromatic N) is 6. The monoisotopic (exact) mass is 472 g/mol. The fourth-order valence-corrected chi connectivity index (χ4v) is 4.65. The van der Waals surface area contributed by atoms with Crippen molar-refractivity contribution in [2.75, 3.05) is 0 Å². The van der Waals surface area contributed by atoms with Crippen LogP contribution in [0.5, 0.6) is 0 Å². The zero-order valence-corrected chi connectivity index (χ0v) is 18.7. The molecule has 6 rings (SSSR count). The Morgan fingerprint density at radius 3 is 2.65 bits per heavy atom. The van der Waals surface area contributed by atoms with Crippen molar-refractivity contribution in [3.63, 3.8) is 0 Å². The summed E-state index contributed by atoms with van der Waals surface area (Å²) in [6.45, 7) is 0.486. The number of imide groups is 1. The average molecular weight is 473 g/mol. The van der Waals surface area contributed by atoms with Crippen LogP contribution in [0.3, 0.4) is 0 Å². The summed E-state index contributed by atoms with van der Waals surface area (Å²) >= 11 is 6.26. The molecule has 0 aliphatic carbocycles. The normalized spacial score (nSPS) is 14.1. The summed E-state index contributed by atoms with van der Waals surface area (Å²) in [5.74, 6) is -0.310. The van der Waals surface area contributed by atoms with Crippen LogP contribution in [0.2, 0.25) is 5.02 Å². The van der Waals surface area contributed by atoms with E-state index < -0.39 is 11.8 Å². The van der Waals surface area contributed by atoms with Gasteiger partial charge in [0.1, 0.15) is 11.5 Å². The van der Waals surface area contributed by atoms with Crippen molar-refractivity contribution in [2.45, 2.75) is 13.0 Å². The number of carbonyl (C=O) groups is 2. The van der Waals surface area contributed by atoms with Gasteiger partial charge < -0.3 is 4.57 Å². The molecule has 10 nitrogen and oxygen atoms in total. The molecular weight excluding hydrogens is 456 g/mol. The number of benzene rings is 2. The van der Waals surface area contributed by atoms with Crippen LogP contribution in [-0.4, -0.2) is 46.8 Å². The average Bonchev–Trinajstić information content (AvgIpc) is 3.58. The number of para-hydroxylation sites is 1. The van der Waals surface area contributed by atoms with Crippen LogP contribution in [0.4, 0.5) is 0 Å². The Labute approximate surface area is 197 Å². The van der Waals surface area contributed by atoms with Gasteiger partial charge in [0, 0.05) is 53.1 Å². The van der Waals surface area contributed by atoms with Gasteiger partial charge in [-0.3, -0.25) is 19.6 Å². The van der Waals surface area contributed by atoms with Crippen molar-refractivity contribution in [1.29, 1.82) is 0 Å². The minimum absolute atomic E-state index is 0.244. The summed E-state index contributed by atoms with van der Waals surface area (Å²) in [5.41, 5.74) is 3.34. The van der Waals surface area contributed by atoms with E-state index in [-0.39, 0.29) is 11.1 Å². The molecule has 0 fully saturated rings. The largest absolute Gasteiger partial charge is 0.350 e. The molecule has 0 spiro atoms. The molecule has 2 N–H and O–H groups in total. The molecule has 0 atom stereocenters. The van der Waals surface area contributed by atoms with Crippen molar-refractivity contribution >= 4 is 56.4 Å². The fraction of sp³-hybridized carbons (Fsp3) is 0.130. The van der Waals surface area contributed by atoms with Gasteiger partial charge in [-0.2, -0.15) is 5.10 Å². The maximum Gasteiger partial charge on any atom is 0.261 e. The summed E-state index contributed by atoms with van der Waals surface area (Å²) in [7, 11) is 1.89. The number of hydrogen-bond donors (Lipinski definition) is 2. The van der Waals surface area contributed by atoms with E-state index in [0.717, 1.165) is 21.8 Å². The summed E-state index contributed by atoms with van der Waals surface area (Å²) in [6, 6.07) is 13.1. The number of rotatable bonds is 5. The van der Waals surface area contributed by atoms with Crippen molar-refractivity contribution in [2.24, 2.45) is 7.05 Å². The first-order valence-electron chi connectivity index (χ1n) is 10.5. The highest BCUT2D eigenvalue weighted by Crippen LogP contribution is 2.38. The zero-order valence-electron chi connectivity index (χ0n) is 17.9. The highest BCUT2D eigenvalue weighted by molar-refractivity contribution is 6.50. The molecular formula is C23H17ClN8O2. The molecule has 4 heterocycles. The van der Waals surface area contributed by atoms with E-state index in [2.05, 4.69) is 25.9 Å². The van der Waals surface area contributed by atoms with E-state index >= 15 is 0 Å². The molecule has 2 amide bonds. The second-order valence-corrected chi connectivity index (χ2v) is 8.47. The number of aromatic nitrogens is 7. The first kappa shape index (κ1) is 20.3. The number of nitrogens with one attached hydrogen (secondary N) is 2. The molecule has 5 aromatic rings. The number of tetrazole rings is 1. The van der Waals surface area contributed by atoms with E-state index in [1.165, 1.54) is 0 Å². The van der Waals surface area contributed by atoms with Gasteiger partial charge in [0.2, 0.25) is 0 Å². The van der Waals surface area contributed by atoms with E-state index in [0.29, 0.717) is 35.1 Å². The smallest absolute Gasteiger partial charge is 0.261 e. The summed E-state index contributed by atoms with van der Waals surface area (Å²) in [4.78, 5) is 26.1. The summed E-state index contributed by atoms with van der Waals surface area (Å²) in [5, 5.41) is 23.2. The lowest BCUT2D eigenvalue weighted by Gasteiger charge is -2.02. The van der Waals surface area contributed by atoms with Crippen LogP contribution >= 0.6 is 11.6 Å². The number of carbonyl (C=O) groups excluding carboxylic acids is 2. The van der Waals surface area contributed by atoms with Crippen molar-refractivity contribution in [3.05, 3.63) is 70.8 Å². The van der Waals surface area contributed by atoms with Crippen molar-refractivity contribution < 1.29 is 9.59 Å². The number of fused-ring (bicyclic) bond motifs is 2. The molecule has 0 saturated heterocycles. The van der Waals surface area contributed by atoms with Crippen LogP contribution in [0.1, 0.15) is 17.1 Å². The lowest BCUT2D eigenvalue weighted by molar-refractivity contribution is -0.122. The second kappa shape index (κ2) is 7.63. The Kier molecular flexibility index (Phi) is 4.56. The van der Waals surface area contributed by atoms with Gasteiger partial charge in [0.25, 0.3) is 11.8 Å². The highest BCUT2D eigenvalue weighted by atomic mass is 35.5. The summed E-state index contributed by atoms with van der Waals surface area (Å²) in [6.07, 6.45) is 2.36. The standard InChI is InChI=1S/C23H17ClN8O2/c1-31-11-15(14-10-12(24)6-7-16(14)31)19-20(23(34)25-22(19)33)21-13-4-2-3-5-17(13)32(28-21)9-8-18-26-29-30-27-18/h2-7,10-11H,8-9H2,1H3,(H,25,33,34)(H,26,27,29,30). The first-order valence-corrected chi connectivity index (χ1v) is 10.9. The maximum absolute atomic E-state index is 13.1. The Morgan fingerprint density at radius 1 is 1.00 bits per heavy atom. The van der Waals surface area contributed by atoms with Gasteiger partial charge in [-0.25, -0.2) is 5.10 Å². The lowest BCUT2D eigenvalue weighted by atomic mass is 9.97. The Morgan fingerprint density at radius 2 is 1.82 bits per heavy atom. The van der Waals surface area contributed by atoms with Crippen LogP contribution in [0, 0.1) is 0 Å². The van der Waals surface area contributed by atoms with E-state index in [9.17, 15) is 9.59 Å². The second-order valence-electron chi connectivity index (χ2n) is 8.04. The number of halogens is 1. The molecule has 0 bridgehead atoms. The van der Waals surface area contributed by atoms with E-state index in [1.807, 2.05) is 48.1 Å². The molecule has 0 unspecified atom stereocenters. The minimum Gasteiger partial charge on any atom is -0.350 e. The molecule has 168 valence electrons. The third-order valence-corrected chi connectivity index (χ3v) is 6.23. The highest BCUT2D eigenvalue weighted by Gasteiger charge is 2.36. The molecule has 1 aliphatic heterocycles. The van der Waals surface area contributed by atoms with Crippen molar-refractivity contribution in [3.8, 4) is 0 Å². The zero-order chi connectivity index (χ0) is 23.4. The third kappa shape index (κ3) is 3.11. The molecule has 3 aromatic heterocycles. The Bertz CT molecular complexity index is 1640. The van der Waals surface area contributed by atoms with Crippen LogP contribution in [0.25, 0.3) is 33.0 Å². The van der Waals surface area contributed by atoms with Crippen LogP contribution in [0.15, 0.2) is 48.7 Å². The van der Waals surface area contributed by atoms with Gasteiger partial charge in [-0.15, -0.1) is 5.10 Å². The van der Waals surface area contributed by atoms with Gasteiger partial charge in [0.15, 0.2) is 0 Å². The van der Waals surface area contributed by atoms with Crippen LogP contribution < -0.4 is 5.32 Å². The van der Waals surface area contributed by atoms with E-state index in [4.69, 9.17) is 16.7 Å². The topological polar surface area (TPSA) is 123 Å². The van der Waals surface area contributed by atoms with E-state index in [1.54, 1.807) is 16.8 Å². The lowest BCUT2D eigenvalue weighted by Crippen LogP contribution is -2.22. The van der Waals surface area contributed by atoms with Crippen molar-refractivity contribution in [1.82, 2.24) is 40.3 Å². The summed E-state index contributed by atoms with van der Waals surface area (Å²) < 4.78 is 3.71. The van der Waals surface area contributed by atoms with Gasteiger partial charge in [-0.1, -0.05) is 29.8 Å². The third-order valence-electron chi connectivity index (χ3n) is 6.00. The SMILES string of the molecule is Cn1cc(C2=C(c3nn(CCc4nnn[nH]4)c4ccccc34)C(=O)NC2=O)c2cc(Cl)ccc21. The quantitative estimate of drug-likeness (QED) is 0.379. The molecule has 0 saturated carbocycles. The van der Waals surface area contributed by atoms with Gasteiger partial charge in [0.05, 0.1) is 16.7 Å². The Balaban J connectivity index is 1.57. The molecule has 2 aromatic carbocycles. The predicted octanol–water partition coefficient (Wildman–Crippen LogP) is 2.50. The molecule has 11 heteroatoms. The number of hydrogen-bond acceptors (Lipinski definition) is 6. The van der Waals surface area contributed by atoms with Gasteiger partial charge in [-0.05, 0) is 34.7 Å². The number of aryl methyl sites for hydroxylation is 3. The number of aromatic amines is 1. The number of amides is 2. The maximum atomic E-state index is 13.1. The molecule has 34 heavy (non-hydrogen) atoms. The fourth-order valence-electron chi connectivity index (χ4n) is 4.48. The number of H-pyrrole nitrogens is 1. The molecule has 1 aliphatic rings. The molecule has 0 radical (unpaired) electrons.